The summed E-state index contributed by atoms with van der Waals surface area (Å²) in [4.78, 5) is 18.2. The highest BCUT2D eigenvalue weighted by atomic mass is 16.5. The van der Waals surface area contributed by atoms with Gasteiger partial charge < -0.3 is 18.9 Å². The average Bonchev–Trinajstić information content (AvgIpc) is 3.39. The van der Waals surface area contributed by atoms with E-state index in [0.717, 1.165) is 5.69 Å². The Hall–Kier alpha value is -3.20. The van der Waals surface area contributed by atoms with Gasteiger partial charge >= 0.3 is 0 Å². The van der Waals surface area contributed by atoms with Crippen molar-refractivity contribution in [2.45, 2.75) is 26.5 Å². The maximum atomic E-state index is 12.6. The largest absolute Gasteiger partial charge is 0.486 e. The standard InChI is InChI=1S/C19H23N5O4/c1-14(2)23(8-9-26-3)19(25)18-10-17(28-22-18)11-27-16-6-4-15(5-7-16)24-13-20-12-21-24/h4-7,10,12-14H,8-9,11H2,1-3H3. The molecule has 28 heavy (non-hydrogen) atoms. The maximum absolute atomic E-state index is 12.6. The molecule has 0 aliphatic rings. The average molecular weight is 385 g/mol. The van der Waals surface area contributed by atoms with Crippen LogP contribution >= 0.6 is 0 Å². The van der Waals surface area contributed by atoms with Gasteiger partial charge in [-0.15, -0.1) is 0 Å². The molecule has 1 amide bonds. The number of rotatable bonds is 9. The fourth-order valence-corrected chi connectivity index (χ4v) is 2.60. The smallest absolute Gasteiger partial charge is 0.276 e. The Morgan fingerprint density at radius 2 is 2.07 bits per heavy atom. The number of hydrogen-bond acceptors (Lipinski definition) is 7. The molecule has 0 N–H and O–H groups in total. The van der Waals surface area contributed by atoms with Gasteiger partial charge in [-0.2, -0.15) is 5.10 Å². The van der Waals surface area contributed by atoms with E-state index >= 15 is 0 Å². The molecule has 0 bridgehead atoms. The van der Waals surface area contributed by atoms with E-state index in [9.17, 15) is 4.79 Å². The summed E-state index contributed by atoms with van der Waals surface area (Å²) in [5.41, 5.74) is 1.13. The van der Waals surface area contributed by atoms with Gasteiger partial charge in [-0.3, -0.25) is 4.79 Å². The van der Waals surface area contributed by atoms with Crippen LogP contribution in [0.4, 0.5) is 0 Å². The predicted molar refractivity (Wildman–Crippen MR) is 100 cm³/mol. The predicted octanol–water partition coefficient (Wildman–Crippen LogP) is 2.33. The van der Waals surface area contributed by atoms with Gasteiger partial charge in [-0.25, -0.2) is 9.67 Å². The molecule has 0 fully saturated rings. The summed E-state index contributed by atoms with van der Waals surface area (Å²) < 4.78 is 17.7. The maximum Gasteiger partial charge on any atom is 0.276 e. The van der Waals surface area contributed by atoms with E-state index in [-0.39, 0.29) is 24.2 Å². The summed E-state index contributed by atoms with van der Waals surface area (Å²) in [5, 5.41) is 7.95. The number of carbonyl (C=O) groups is 1. The highest BCUT2D eigenvalue weighted by Crippen LogP contribution is 2.17. The summed E-state index contributed by atoms with van der Waals surface area (Å²) in [7, 11) is 1.60. The van der Waals surface area contributed by atoms with E-state index in [1.165, 1.54) is 6.33 Å². The minimum atomic E-state index is -0.195. The second kappa shape index (κ2) is 9.14. The Bertz CT molecular complexity index is 874. The van der Waals surface area contributed by atoms with Crippen LogP contribution in [-0.4, -0.2) is 57.0 Å². The molecule has 3 aromatic rings. The lowest BCUT2D eigenvalue weighted by atomic mass is 10.2. The molecular formula is C19H23N5O4. The van der Waals surface area contributed by atoms with Gasteiger partial charge in [0.25, 0.3) is 5.91 Å². The van der Waals surface area contributed by atoms with Crippen molar-refractivity contribution in [1.82, 2.24) is 24.8 Å². The Kier molecular flexibility index (Phi) is 6.38. The molecule has 0 aliphatic carbocycles. The monoisotopic (exact) mass is 385 g/mol. The Balaban J connectivity index is 1.59. The lowest BCUT2D eigenvalue weighted by molar-refractivity contribution is 0.0624. The minimum absolute atomic E-state index is 0.0301. The fourth-order valence-electron chi connectivity index (χ4n) is 2.60. The molecule has 1 aromatic carbocycles. The molecule has 3 rings (SSSR count). The summed E-state index contributed by atoms with van der Waals surface area (Å²) in [6.07, 6.45) is 3.10. The van der Waals surface area contributed by atoms with Crippen LogP contribution < -0.4 is 4.74 Å². The van der Waals surface area contributed by atoms with Crippen LogP contribution in [-0.2, 0) is 11.3 Å². The van der Waals surface area contributed by atoms with Gasteiger partial charge in [-0.1, -0.05) is 5.16 Å². The van der Waals surface area contributed by atoms with Crippen molar-refractivity contribution in [3.05, 3.63) is 54.4 Å². The Labute approximate surface area is 162 Å². The van der Waals surface area contributed by atoms with Gasteiger partial charge in [0.2, 0.25) is 0 Å². The number of nitrogens with zero attached hydrogens (tertiary/aromatic N) is 5. The molecule has 0 atom stereocenters. The van der Waals surface area contributed by atoms with Crippen LogP contribution in [0.2, 0.25) is 0 Å². The lowest BCUT2D eigenvalue weighted by Crippen LogP contribution is -2.39. The zero-order valence-corrected chi connectivity index (χ0v) is 16.1. The summed E-state index contributed by atoms with van der Waals surface area (Å²) in [5.74, 6) is 0.940. The number of aromatic nitrogens is 4. The fraction of sp³-hybridized carbons (Fsp3) is 0.368. The van der Waals surface area contributed by atoms with E-state index < -0.39 is 0 Å². The van der Waals surface area contributed by atoms with E-state index in [2.05, 4.69) is 15.2 Å². The number of ether oxygens (including phenoxy) is 2. The van der Waals surface area contributed by atoms with Gasteiger partial charge in [0.05, 0.1) is 12.3 Å². The number of methoxy groups -OCH3 is 1. The summed E-state index contributed by atoms with van der Waals surface area (Å²) in [6.45, 7) is 5.01. The normalized spacial score (nSPS) is 11.0. The van der Waals surface area contributed by atoms with Crippen molar-refractivity contribution < 1.29 is 18.8 Å². The first-order chi connectivity index (χ1) is 13.6. The molecule has 2 aromatic heterocycles. The van der Waals surface area contributed by atoms with Crippen LogP contribution in [0.5, 0.6) is 5.75 Å². The molecule has 9 nitrogen and oxygen atoms in total. The molecule has 0 aliphatic heterocycles. The Morgan fingerprint density at radius 3 is 2.71 bits per heavy atom. The second-order valence-corrected chi connectivity index (χ2v) is 6.39. The van der Waals surface area contributed by atoms with Gasteiger partial charge in [0.1, 0.15) is 25.0 Å². The van der Waals surface area contributed by atoms with Crippen molar-refractivity contribution in [3.8, 4) is 11.4 Å². The van der Waals surface area contributed by atoms with Crippen LogP contribution in [0.1, 0.15) is 30.1 Å². The molecule has 2 heterocycles. The van der Waals surface area contributed by atoms with Crippen LogP contribution in [0, 0.1) is 0 Å². The molecular weight excluding hydrogens is 362 g/mol. The van der Waals surface area contributed by atoms with Gasteiger partial charge in [0, 0.05) is 25.8 Å². The van der Waals surface area contributed by atoms with Crippen LogP contribution in [0.15, 0.2) is 47.5 Å². The van der Waals surface area contributed by atoms with Crippen molar-refractivity contribution in [2.75, 3.05) is 20.3 Å². The van der Waals surface area contributed by atoms with E-state index in [0.29, 0.717) is 24.7 Å². The second-order valence-electron chi connectivity index (χ2n) is 6.39. The molecule has 0 saturated heterocycles. The summed E-state index contributed by atoms with van der Waals surface area (Å²) in [6, 6.07) is 9.03. The summed E-state index contributed by atoms with van der Waals surface area (Å²) >= 11 is 0. The molecule has 0 spiro atoms. The van der Waals surface area contributed by atoms with Gasteiger partial charge in [-0.05, 0) is 38.1 Å². The van der Waals surface area contributed by atoms with Crippen molar-refractivity contribution in [3.63, 3.8) is 0 Å². The third-order valence-corrected chi connectivity index (χ3v) is 4.10. The molecule has 0 unspecified atom stereocenters. The third-order valence-electron chi connectivity index (χ3n) is 4.10. The number of hydrogen-bond donors (Lipinski definition) is 0. The molecule has 9 heteroatoms. The zero-order valence-electron chi connectivity index (χ0n) is 16.1. The first-order valence-electron chi connectivity index (χ1n) is 8.92. The van der Waals surface area contributed by atoms with Gasteiger partial charge in [0.15, 0.2) is 11.5 Å². The molecule has 148 valence electrons. The topological polar surface area (TPSA) is 95.5 Å². The number of benzene rings is 1. The van der Waals surface area contributed by atoms with E-state index in [4.69, 9.17) is 14.0 Å². The first kappa shape index (κ1) is 19.6. The number of carbonyl (C=O) groups excluding carboxylic acids is 1. The third kappa shape index (κ3) is 4.74. The lowest BCUT2D eigenvalue weighted by Gasteiger charge is -2.25. The first-order valence-corrected chi connectivity index (χ1v) is 8.92. The van der Waals surface area contributed by atoms with Crippen LogP contribution in [0.25, 0.3) is 5.69 Å². The van der Waals surface area contributed by atoms with Crippen molar-refractivity contribution in [2.24, 2.45) is 0 Å². The van der Waals surface area contributed by atoms with Crippen molar-refractivity contribution >= 4 is 5.91 Å². The Morgan fingerprint density at radius 1 is 1.29 bits per heavy atom. The van der Waals surface area contributed by atoms with E-state index in [1.54, 1.807) is 29.1 Å². The minimum Gasteiger partial charge on any atom is -0.486 e. The molecule has 0 saturated carbocycles. The van der Waals surface area contributed by atoms with E-state index in [1.807, 2.05) is 38.1 Å². The van der Waals surface area contributed by atoms with Crippen molar-refractivity contribution in [1.29, 1.82) is 0 Å². The van der Waals surface area contributed by atoms with Crippen LogP contribution in [0.3, 0.4) is 0 Å². The quantitative estimate of drug-likeness (QED) is 0.558. The number of amides is 1. The highest BCUT2D eigenvalue weighted by molar-refractivity contribution is 5.92. The molecule has 0 radical (unpaired) electrons. The zero-order chi connectivity index (χ0) is 19.9. The highest BCUT2D eigenvalue weighted by Gasteiger charge is 2.22. The SMILES string of the molecule is COCCN(C(=O)c1cc(COc2ccc(-n3cncn3)cc2)on1)C(C)C.